The molecule has 1 N–H and O–H groups in total. The van der Waals surface area contributed by atoms with Crippen molar-refractivity contribution in [2.45, 2.75) is 32.7 Å². The van der Waals surface area contributed by atoms with Gasteiger partial charge < -0.3 is 10.1 Å². The van der Waals surface area contributed by atoms with Crippen molar-refractivity contribution >= 4 is 11.9 Å². The fourth-order valence-electron chi connectivity index (χ4n) is 1.70. The number of hydrogen-bond donors (Lipinski definition) is 1. The molecule has 1 rings (SSSR count). The molecule has 0 saturated carbocycles. The summed E-state index contributed by atoms with van der Waals surface area (Å²) in [5, 5.41) is 2.45. The third-order valence-electron chi connectivity index (χ3n) is 2.34. The van der Waals surface area contributed by atoms with E-state index in [2.05, 4.69) is 10.1 Å². The summed E-state index contributed by atoms with van der Waals surface area (Å²) in [7, 11) is 0. The predicted octanol–water partition coefficient (Wildman–Crippen LogP) is 2.11. The van der Waals surface area contributed by atoms with E-state index in [1.165, 1.54) is 6.92 Å². The van der Waals surface area contributed by atoms with Gasteiger partial charge in [-0.1, -0.05) is 30.3 Å². The largest absolute Gasteiger partial charge is 0.426 e. The summed E-state index contributed by atoms with van der Waals surface area (Å²) in [5.74, 6) is -3.45. The van der Waals surface area contributed by atoms with Crippen LogP contribution >= 0.6 is 0 Å². The minimum atomic E-state index is -2.31. The van der Waals surface area contributed by atoms with Crippen molar-refractivity contribution in [1.82, 2.24) is 5.32 Å². The van der Waals surface area contributed by atoms with Gasteiger partial charge >= 0.3 is 5.97 Å². The summed E-state index contributed by atoms with van der Waals surface area (Å²) in [6.07, 6.45) is 0. The highest BCUT2D eigenvalue weighted by atomic mass is 19.2. The van der Waals surface area contributed by atoms with E-state index in [9.17, 15) is 14.0 Å². The number of amides is 1. The van der Waals surface area contributed by atoms with E-state index in [-0.39, 0.29) is 0 Å². The van der Waals surface area contributed by atoms with Gasteiger partial charge in [-0.05, 0) is 5.56 Å². The average molecular weight is 253 g/mol. The Hall–Kier alpha value is -1.91. The summed E-state index contributed by atoms with van der Waals surface area (Å²) >= 11 is 0. The number of nitrogens with one attached hydrogen (secondary N) is 1. The van der Waals surface area contributed by atoms with Crippen molar-refractivity contribution in [3.8, 4) is 0 Å². The molecule has 0 aliphatic carbocycles. The zero-order chi connectivity index (χ0) is 13.8. The number of carbonyl (C=O) groups excluding carboxylic acids is 2. The molecule has 0 bridgehead atoms. The number of esters is 1. The Morgan fingerprint density at radius 2 is 1.83 bits per heavy atom. The summed E-state index contributed by atoms with van der Waals surface area (Å²) in [6.45, 7) is 3.51. The van der Waals surface area contributed by atoms with Gasteiger partial charge in [0.05, 0.1) is 0 Å². The van der Waals surface area contributed by atoms with Gasteiger partial charge in [0.25, 0.3) is 5.85 Å². The lowest BCUT2D eigenvalue weighted by molar-refractivity contribution is -0.184. The highest BCUT2D eigenvalue weighted by Gasteiger charge is 2.39. The molecule has 2 atom stereocenters. The average Bonchev–Trinajstić information content (AvgIpc) is 2.25. The van der Waals surface area contributed by atoms with Crippen LogP contribution in [0.1, 0.15) is 32.4 Å². The summed E-state index contributed by atoms with van der Waals surface area (Å²) in [6, 6.07) is 7.47. The normalized spacial score (nSPS) is 15.3. The Balaban J connectivity index is 3.05. The summed E-state index contributed by atoms with van der Waals surface area (Å²) in [5.41, 5.74) is 0.527. The Morgan fingerprint density at radius 3 is 2.28 bits per heavy atom. The molecule has 2 unspecified atom stereocenters. The molecule has 1 amide bonds. The van der Waals surface area contributed by atoms with Crippen LogP contribution < -0.4 is 5.32 Å². The first-order valence-electron chi connectivity index (χ1n) is 5.53. The Morgan fingerprint density at radius 1 is 1.28 bits per heavy atom. The summed E-state index contributed by atoms with van der Waals surface area (Å²) < 4.78 is 19.0. The lowest BCUT2D eigenvalue weighted by Crippen LogP contribution is -2.43. The number of ether oxygens (including phenoxy) is 1. The minimum Gasteiger partial charge on any atom is -0.426 e. The molecule has 18 heavy (non-hydrogen) atoms. The van der Waals surface area contributed by atoms with Gasteiger partial charge in [-0.3, -0.25) is 9.59 Å². The molecule has 98 valence electrons. The molecule has 0 fully saturated rings. The van der Waals surface area contributed by atoms with Crippen LogP contribution in [0.15, 0.2) is 30.3 Å². The van der Waals surface area contributed by atoms with Crippen molar-refractivity contribution in [2.24, 2.45) is 0 Å². The molecular formula is C13H16FNO3. The molecule has 5 heteroatoms. The van der Waals surface area contributed by atoms with Crippen molar-refractivity contribution in [3.63, 3.8) is 0 Å². The van der Waals surface area contributed by atoms with E-state index >= 15 is 0 Å². The Bertz CT molecular complexity index is 431. The zero-order valence-electron chi connectivity index (χ0n) is 10.6. The van der Waals surface area contributed by atoms with Crippen LogP contribution in [0.25, 0.3) is 0 Å². The van der Waals surface area contributed by atoms with Crippen molar-refractivity contribution in [1.29, 1.82) is 0 Å². The van der Waals surface area contributed by atoms with E-state index in [1.54, 1.807) is 30.3 Å². The maximum absolute atomic E-state index is 14.4. The smallest absolute Gasteiger partial charge is 0.305 e. The van der Waals surface area contributed by atoms with Gasteiger partial charge in [0.15, 0.2) is 0 Å². The molecule has 0 spiro atoms. The van der Waals surface area contributed by atoms with Gasteiger partial charge in [0, 0.05) is 20.8 Å². The van der Waals surface area contributed by atoms with E-state index in [0.29, 0.717) is 5.56 Å². The number of benzene rings is 1. The van der Waals surface area contributed by atoms with Gasteiger partial charge in [-0.2, -0.15) is 4.39 Å². The van der Waals surface area contributed by atoms with Crippen molar-refractivity contribution in [3.05, 3.63) is 35.9 Å². The minimum absolute atomic E-state index is 0.403. The van der Waals surface area contributed by atoms with E-state index in [1.807, 2.05) is 0 Å². The molecule has 0 aliphatic heterocycles. The van der Waals surface area contributed by atoms with Crippen LogP contribution in [0, 0.1) is 0 Å². The Labute approximate surface area is 105 Å². The first-order valence-corrected chi connectivity index (χ1v) is 5.53. The van der Waals surface area contributed by atoms with Gasteiger partial charge in [-0.15, -0.1) is 0 Å². The van der Waals surface area contributed by atoms with Gasteiger partial charge in [-0.25, -0.2) is 0 Å². The van der Waals surface area contributed by atoms with Crippen LogP contribution in [0.2, 0.25) is 0 Å². The van der Waals surface area contributed by atoms with Crippen LogP contribution in [0.5, 0.6) is 0 Å². The van der Waals surface area contributed by atoms with E-state index in [0.717, 1.165) is 13.8 Å². The standard InChI is InChI=1S/C13H16FNO3/c1-9(16)15-12(11-7-5-4-6-8-11)13(3,14)18-10(2)17/h4-8,12H,1-3H3,(H,15,16). The molecule has 0 radical (unpaired) electrons. The number of hydrogen-bond acceptors (Lipinski definition) is 3. The third kappa shape index (κ3) is 3.84. The quantitative estimate of drug-likeness (QED) is 0.836. The molecule has 0 heterocycles. The number of halogens is 1. The van der Waals surface area contributed by atoms with Crippen molar-refractivity contribution < 1.29 is 18.7 Å². The fraction of sp³-hybridized carbons (Fsp3) is 0.385. The maximum atomic E-state index is 14.4. The molecule has 1 aromatic rings. The molecule has 1 aromatic carbocycles. The van der Waals surface area contributed by atoms with Crippen LogP contribution in [-0.4, -0.2) is 17.7 Å². The number of alkyl halides is 1. The highest BCUT2D eigenvalue weighted by molar-refractivity contribution is 5.73. The highest BCUT2D eigenvalue weighted by Crippen LogP contribution is 2.30. The summed E-state index contributed by atoms with van der Waals surface area (Å²) in [4.78, 5) is 22.0. The van der Waals surface area contributed by atoms with E-state index in [4.69, 9.17) is 0 Å². The first kappa shape index (κ1) is 14.2. The van der Waals surface area contributed by atoms with Crippen LogP contribution in [-0.2, 0) is 14.3 Å². The molecule has 0 aliphatic rings. The molecule has 4 nitrogen and oxygen atoms in total. The lowest BCUT2D eigenvalue weighted by atomic mass is 10.0. The predicted molar refractivity (Wildman–Crippen MR) is 64.3 cm³/mol. The van der Waals surface area contributed by atoms with Crippen LogP contribution in [0.4, 0.5) is 4.39 Å². The SMILES string of the molecule is CC(=O)NC(c1ccccc1)C(C)(F)OC(C)=O. The zero-order valence-corrected chi connectivity index (χ0v) is 10.6. The Kier molecular flexibility index (Phi) is 4.42. The lowest BCUT2D eigenvalue weighted by Gasteiger charge is -2.30. The van der Waals surface area contributed by atoms with E-state index < -0.39 is 23.8 Å². The first-order chi connectivity index (χ1) is 8.33. The molecule has 0 saturated heterocycles. The van der Waals surface area contributed by atoms with Crippen LogP contribution in [0.3, 0.4) is 0 Å². The van der Waals surface area contributed by atoms with Gasteiger partial charge in [0.2, 0.25) is 5.91 Å². The van der Waals surface area contributed by atoms with Gasteiger partial charge in [0.1, 0.15) is 6.04 Å². The molecule has 0 aromatic heterocycles. The second kappa shape index (κ2) is 5.62. The second-order valence-electron chi connectivity index (χ2n) is 4.12. The number of carbonyl (C=O) groups is 2. The monoisotopic (exact) mass is 253 g/mol. The van der Waals surface area contributed by atoms with Crippen molar-refractivity contribution in [2.75, 3.05) is 0 Å². The number of rotatable bonds is 4. The second-order valence-corrected chi connectivity index (χ2v) is 4.12. The third-order valence-corrected chi connectivity index (χ3v) is 2.34. The maximum Gasteiger partial charge on any atom is 0.305 e. The topological polar surface area (TPSA) is 55.4 Å². The molecular weight excluding hydrogens is 237 g/mol. The fourth-order valence-corrected chi connectivity index (χ4v) is 1.70.